The first-order valence-corrected chi connectivity index (χ1v) is 8.89. The van der Waals surface area contributed by atoms with Crippen LogP contribution in [0.3, 0.4) is 0 Å². The second-order valence-electron chi connectivity index (χ2n) is 3.96. The summed E-state index contributed by atoms with van der Waals surface area (Å²) >= 11 is 0. The summed E-state index contributed by atoms with van der Waals surface area (Å²) in [4.78, 5) is -0.0864. The monoisotopic (exact) mass is 307 g/mol. The van der Waals surface area contributed by atoms with E-state index >= 15 is 0 Å². The largest absolute Gasteiger partial charge is 0.397 e. The Morgan fingerprint density at radius 3 is 2.32 bits per heavy atom. The summed E-state index contributed by atoms with van der Waals surface area (Å²) in [6, 6.07) is 3.99. The minimum absolute atomic E-state index is 0.0140. The lowest BCUT2D eigenvalue weighted by molar-refractivity contribution is 0.596. The molecule has 1 aromatic rings. The molecule has 0 bridgehead atoms. The predicted molar refractivity (Wildman–Crippen MR) is 75.0 cm³/mol. The standard InChI is InChI=1S/C10H17N3O4S2/c1-2-18(14,15)6-5-13-10-4-3-8(7-9(10)11)19(12,16)17/h3-4,7,13H,2,5-6,11H2,1H3,(H2,12,16,17). The molecule has 0 spiro atoms. The summed E-state index contributed by atoms with van der Waals surface area (Å²) in [6.45, 7) is 1.78. The Hall–Kier alpha value is -1.32. The van der Waals surface area contributed by atoms with Crippen LogP contribution in [0.25, 0.3) is 0 Å². The summed E-state index contributed by atoms with van der Waals surface area (Å²) in [5, 5.41) is 7.81. The van der Waals surface area contributed by atoms with Gasteiger partial charge in [-0.2, -0.15) is 0 Å². The third kappa shape index (κ3) is 4.69. The van der Waals surface area contributed by atoms with Crippen molar-refractivity contribution in [1.29, 1.82) is 0 Å². The highest BCUT2D eigenvalue weighted by molar-refractivity contribution is 7.91. The van der Waals surface area contributed by atoms with E-state index in [1.807, 2.05) is 0 Å². The molecule has 1 rings (SSSR count). The number of nitrogen functional groups attached to an aromatic ring is 1. The van der Waals surface area contributed by atoms with Crippen LogP contribution in [-0.4, -0.2) is 34.9 Å². The molecule has 0 aliphatic rings. The van der Waals surface area contributed by atoms with Crippen LogP contribution in [0.5, 0.6) is 0 Å². The van der Waals surface area contributed by atoms with Gasteiger partial charge in [0.1, 0.15) is 0 Å². The van der Waals surface area contributed by atoms with Gasteiger partial charge >= 0.3 is 0 Å². The Morgan fingerprint density at radius 1 is 1.21 bits per heavy atom. The SMILES string of the molecule is CCS(=O)(=O)CCNc1ccc(S(N)(=O)=O)cc1N. The van der Waals surface area contributed by atoms with Crippen molar-refractivity contribution in [1.82, 2.24) is 0 Å². The normalized spacial score (nSPS) is 12.3. The summed E-state index contributed by atoms with van der Waals surface area (Å²) in [5.74, 6) is 0.0639. The first-order chi connectivity index (χ1) is 8.65. The lowest BCUT2D eigenvalue weighted by Gasteiger charge is -2.10. The van der Waals surface area contributed by atoms with Gasteiger partial charge in [0.2, 0.25) is 10.0 Å². The molecule has 108 valence electrons. The molecule has 0 aliphatic carbocycles. The van der Waals surface area contributed by atoms with E-state index in [1.54, 1.807) is 6.92 Å². The second kappa shape index (κ2) is 5.76. The van der Waals surface area contributed by atoms with Crippen LogP contribution in [0, 0.1) is 0 Å². The number of sulfone groups is 1. The molecule has 0 atom stereocenters. The first-order valence-electron chi connectivity index (χ1n) is 5.52. The zero-order valence-corrected chi connectivity index (χ0v) is 12.1. The summed E-state index contributed by atoms with van der Waals surface area (Å²) < 4.78 is 44.8. The van der Waals surface area contributed by atoms with Crippen molar-refractivity contribution < 1.29 is 16.8 Å². The van der Waals surface area contributed by atoms with Gasteiger partial charge in [0.05, 0.1) is 22.0 Å². The highest BCUT2D eigenvalue weighted by Gasteiger charge is 2.11. The summed E-state index contributed by atoms with van der Waals surface area (Å²) in [7, 11) is -6.85. The van der Waals surface area contributed by atoms with Gasteiger partial charge in [-0.25, -0.2) is 22.0 Å². The number of nitrogens with one attached hydrogen (secondary N) is 1. The molecule has 19 heavy (non-hydrogen) atoms. The zero-order chi connectivity index (χ0) is 14.7. The van der Waals surface area contributed by atoms with Crippen LogP contribution in [0.2, 0.25) is 0 Å². The highest BCUT2D eigenvalue weighted by Crippen LogP contribution is 2.21. The van der Waals surface area contributed by atoms with Gasteiger partial charge in [-0.05, 0) is 18.2 Å². The van der Waals surface area contributed by atoms with Gasteiger partial charge in [0.15, 0.2) is 9.84 Å². The molecule has 5 N–H and O–H groups in total. The molecular weight excluding hydrogens is 290 g/mol. The van der Waals surface area contributed by atoms with E-state index in [-0.39, 0.29) is 28.6 Å². The Labute approximate surface area is 113 Å². The number of nitrogens with two attached hydrogens (primary N) is 2. The lowest BCUT2D eigenvalue weighted by Crippen LogP contribution is -2.18. The van der Waals surface area contributed by atoms with Crippen molar-refractivity contribution >= 4 is 31.2 Å². The third-order valence-corrected chi connectivity index (χ3v) is 5.14. The molecule has 0 fully saturated rings. The van der Waals surface area contributed by atoms with Gasteiger partial charge in [-0.15, -0.1) is 0 Å². The molecule has 0 heterocycles. The van der Waals surface area contributed by atoms with E-state index < -0.39 is 19.9 Å². The molecular formula is C10H17N3O4S2. The van der Waals surface area contributed by atoms with E-state index in [2.05, 4.69) is 5.32 Å². The zero-order valence-electron chi connectivity index (χ0n) is 10.5. The van der Waals surface area contributed by atoms with Crippen molar-refractivity contribution in [3.05, 3.63) is 18.2 Å². The molecule has 7 nitrogen and oxygen atoms in total. The maximum Gasteiger partial charge on any atom is 0.238 e. The summed E-state index contributed by atoms with van der Waals surface area (Å²) in [5.41, 5.74) is 6.33. The number of sulfonamides is 1. The average molecular weight is 307 g/mol. The summed E-state index contributed by atoms with van der Waals surface area (Å²) in [6.07, 6.45) is 0. The highest BCUT2D eigenvalue weighted by atomic mass is 32.2. The minimum atomic E-state index is -3.79. The van der Waals surface area contributed by atoms with Gasteiger partial charge in [0, 0.05) is 12.3 Å². The Bertz CT molecular complexity index is 653. The number of benzene rings is 1. The number of hydrogen-bond acceptors (Lipinski definition) is 6. The van der Waals surface area contributed by atoms with Crippen LogP contribution in [0.15, 0.2) is 23.1 Å². The van der Waals surface area contributed by atoms with Crippen molar-refractivity contribution in [3.8, 4) is 0 Å². The van der Waals surface area contributed by atoms with Crippen LogP contribution in [-0.2, 0) is 19.9 Å². The molecule has 0 amide bonds. The Balaban J connectivity index is 2.77. The number of primary sulfonamides is 1. The van der Waals surface area contributed by atoms with Crippen LogP contribution < -0.4 is 16.2 Å². The van der Waals surface area contributed by atoms with E-state index in [1.165, 1.54) is 18.2 Å². The fourth-order valence-electron chi connectivity index (χ4n) is 1.36. The quantitative estimate of drug-likeness (QED) is 0.621. The molecule has 0 radical (unpaired) electrons. The Morgan fingerprint density at radius 2 is 1.84 bits per heavy atom. The third-order valence-electron chi connectivity index (χ3n) is 2.52. The molecule has 0 unspecified atom stereocenters. The van der Waals surface area contributed by atoms with Crippen LogP contribution in [0.1, 0.15) is 6.92 Å². The molecule has 0 aromatic heterocycles. The van der Waals surface area contributed by atoms with Crippen LogP contribution >= 0.6 is 0 Å². The minimum Gasteiger partial charge on any atom is -0.397 e. The fraction of sp³-hybridized carbons (Fsp3) is 0.400. The van der Waals surface area contributed by atoms with E-state index in [4.69, 9.17) is 10.9 Å². The predicted octanol–water partition coefficient (Wildman–Crippen LogP) is -0.237. The molecule has 9 heteroatoms. The van der Waals surface area contributed by atoms with Crippen molar-refractivity contribution in [2.45, 2.75) is 11.8 Å². The maximum absolute atomic E-state index is 11.3. The van der Waals surface area contributed by atoms with E-state index in [9.17, 15) is 16.8 Å². The van der Waals surface area contributed by atoms with E-state index in [0.29, 0.717) is 5.69 Å². The van der Waals surface area contributed by atoms with Crippen molar-refractivity contribution in [3.63, 3.8) is 0 Å². The molecule has 0 saturated carbocycles. The maximum atomic E-state index is 11.3. The smallest absolute Gasteiger partial charge is 0.238 e. The van der Waals surface area contributed by atoms with Crippen LogP contribution in [0.4, 0.5) is 11.4 Å². The number of rotatable bonds is 6. The molecule has 1 aromatic carbocycles. The molecule has 0 aliphatic heterocycles. The Kier molecular flexibility index (Phi) is 4.77. The van der Waals surface area contributed by atoms with Crippen molar-refractivity contribution in [2.75, 3.05) is 29.1 Å². The first kappa shape index (κ1) is 15.7. The topological polar surface area (TPSA) is 132 Å². The van der Waals surface area contributed by atoms with Gasteiger partial charge in [-0.1, -0.05) is 6.92 Å². The molecule has 0 saturated heterocycles. The number of hydrogen-bond donors (Lipinski definition) is 3. The fourth-order valence-corrected chi connectivity index (χ4v) is 2.62. The second-order valence-corrected chi connectivity index (χ2v) is 7.99. The van der Waals surface area contributed by atoms with Crippen molar-refractivity contribution in [2.24, 2.45) is 5.14 Å². The van der Waals surface area contributed by atoms with Gasteiger partial charge in [-0.3, -0.25) is 0 Å². The van der Waals surface area contributed by atoms with Gasteiger partial charge < -0.3 is 11.1 Å². The van der Waals surface area contributed by atoms with E-state index in [0.717, 1.165) is 0 Å². The van der Waals surface area contributed by atoms with Gasteiger partial charge in [0.25, 0.3) is 0 Å². The lowest BCUT2D eigenvalue weighted by atomic mass is 10.2. The average Bonchev–Trinajstić information content (AvgIpc) is 2.30. The number of anilines is 2.